The molecule has 1 atom stereocenters. The highest BCUT2D eigenvalue weighted by Crippen LogP contribution is 2.18. The highest BCUT2D eigenvalue weighted by Gasteiger charge is 2.13. The second-order valence-electron chi connectivity index (χ2n) is 4.48. The monoisotopic (exact) mass is 259 g/mol. The fraction of sp³-hybridized carbons (Fsp3) is 0.286. The Balaban J connectivity index is 2.29. The molecule has 0 saturated heterocycles. The average Bonchev–Trinajstić information content (AvgIpc) is 2.38. The standard InChI is InChI=1S/C14H17N3S/c1-10(14(15)18)17(2)9-11-7-8-16-13-6-4-3-5-12(11)13/h3-8,10H,9H2,1-2H3,(H2,15,18). The molecule has 0 bridgehead atoms. The van der Waals surface area contributed by atoms with Crippen LogP contribution in [0.2, 0.25) is 0 Å². The lowest BCUT2D eigenvalue weighted by atomic mass is 10.1. The molecule has 0 aliphatic carbocycles. The van der Waals surface area contributed by atoms with Crippen LogP contribution in [0.4, 0.5) is 0 Å². The molecule has 4 heteroatoms. The Bertz CT molecular complexity index is 562. The zero-order chi connectivity index (χ0) is 13.1. The first-order valence-corrected chi connectivity index (χ1v) is 6.32. The Hall–Kier alpha value is -1.52. The van der Waals surface area contributed by atoms with E-state index < -0.39 is 0 Å². The third kappa shape index (κ3) is 2.66. The van der Waals surface area contributed by atoms with Gasteiger partial charge in [-0.1, -0.05) is 30.4 Å². The summed E-state index contributed by atoms with van der Waals surface area (Å²) in [5, 5.41) is 1.18. The van der Waals surface area contributed by atoms with Crippen molar-refractivity contribution in [3.63, 3.8) is 0 Å². The van der Waals surface area contributed by atoms with E-state index in [1.54, 1.807) is 0 Å². The summed E-state index contributed by atoms with van der Waals surface area (Å²) in [6, 6.07) is 10.3. The summed E-state index contributed by atoms with van der Waals surface area (Å²) in [6.07, 6.45) is 1.84. The van der Waals surface area contributed by atoms with Crippen LogP contribution < -0.4 is 5.73 Å². The molecule has 0 aliphatic heterocycles. The number of hydrogen-bond donors (Lipinski definition) is 1. The van der Waals surface area contributed by atoms with Gasteiger partial charge in [-0.05, 0) is 31.7 Å². The van der Waals surface area contributed by atoms with Crippen molar-refractivity contribution in [1.29, 1.82) is 0 Å². The van der Waals surface area contributed by atoms with Gasteiger partial charge in [-0.3, -0.25) is 9.88 Å². The fourth-order valence-electron chi connectivity index (χ4n) is 1.92. The van der Waals surface area contributed by atoms with Crippen LogP contribution in [0.25, 0.3) is 10.9 Å². The van der Waals surface area contributed by atoms with Gasteiger partial charge in [0.15, 0.2) is 0 Å². The lowest BCUT2D eigenvalue weighted by Gasteiger charge is -2.24. The van der Waals surface area contributed by atoms with Gasteiger partial charge in [-0.15, -0.1) is 0 Å². The molecule has 2 aromatic rings. The quantitative estimate of drug-likeness (QED) is 0.856. The molecule has 1 aromatic heterocycles. The molecule has 0 fully saturated rings. The van der Waals surface area contributed by atoms with E-state index in [2.05, 4.69) is 16.0 Å². The molecule has 1 unspecified atom stereocenters. The Labute approximate surface area is 113 Å². The molecular formula is C14H17N3S. The molecule has 1 aromatic carbocycles. The lowest BCUT2D eigenvalue weighted by Crippen LogP contribution is -2.38. The van der Waals surface area contributed by atoms with Crippen molar-refractivity contribution in [2.45, 2.75) is 19.5 Å². The van der Waals surface area contributed by atoms with Crippen molar-refractivity contribution >= 4 is 28.1 Å². The number of nitrogens with two attached hydrogens (primary N) is 1. The molecule has 2 N–H and O–H groups in total. The number of para-hydroxylation sites is 1. The first-order chi connectivity index (χ1) is 8.59. The number of aromatic nitrogens is 1. The Morgan fingerprint density at radius 1 is 1.39 bits per heavy atom. The topological polar surface area (TPSA) is 42.1 Å². The van der Waals surface area contributed by atoms with E-state index >= 15 is 0 Å². The molecule has 3 nitrogen and oxygen atoms in total. The van der Waals surface area contributed by atoms with Gasteiger partial charge in [-0.2, -0.15) is 0 Å². The van der Waals surface area contributed by atoms with Crippen LogP contribution in [0.1, 0.15) is 12.5 Å². The summed E-state index contributed by atoms with van der Waals surface area (Å²) in [5.41, 5.74) is 7.94. The van der Waals surface area contributed by atoms with Crippen LogP contribution in [-0.4, -0.2) is 28.0 Å². The second-order valence-corrected chi connectivity index (χ2v) is 4.95. The van der Waals surface area contributed by atoms with Crippen LogP contribution in [-0.2, 0) is 6.54 Å². The zero-order valence-electron chi connectivity index (χ0n) is 10.6. The molecule has 0 amide bonds. The number of rotatable bonds is 4. The highest BCUT2D eigenvalue weighted by molar-refractivity contribution is 7.80. The minimum Gasteiger partial charge on any atom is -0.392 e. The number of pyridine rings is 1. The minimum atomic E-state index is 0.0897. The van der Waals surface area contributed by atoms with Crippen LogP contribution in [0.15, 0.2) is 36.5 Å². The van der Waals surface area contributed by atoms with E-state index in [1.165, 1.54) is 10.9 Å². The third-order valence-corrected chi connectivity index (χ3v) is 3.57. The molecular weight excluding hydrogens is 242 g/mol. The van der Waals surface area contributed by atoms with E-state index in [-0.39, 0.29) is 6.04 Å². The van der Waals surface area contributed by atoms with E-state index in [4.69, 9.17) is 18.0 Å². The maximum absolute atomic E-state index is 5.68. The smallest absolute Gasteiger partial charge is 0.0899 e. The van der Waals surface area contributed by atoms with Gasteiger partial charge in [0, 0.05) is 18.1 Å². The van der Waals surface area contributed by atoms with Crippen LogP contribution >= 0.6 is 12.2 Å². The summed E-state index contributed by atoms with van der Waals surface area (Å²) in [6.45, 7) is 2.83. The van der Waals surface area contributed by atoms with Crippen molar-refractivity contribution in [2.75, 3.05) is 7.05 Å². The molecule has 0 aliphatic rings. The number of hydrogen-bond acceptors (Lipinski definition) is 3. The van der Waals surface area contributed by atoms with Crippen molar-refractivity contribution in [2.24, 2.45) is 5.73 Å². The van der Waals surface area contributed by atoms with Crippen molar-refractivity contribution in [1.82, 2.24) is 9.88 Å². The normalized spacial score (nSPS) is 12.8. The Morgan fingerprint density at radius 3 is 2.83 bits per heavy atom. The lowest BCUT2D eigenvalue weighted by molar-refractivity contribution is 0.305. The van der Waals surface area contributed by atoms with Gasteiger partial charge in [0.05, 0.1) is 16.5 Å². The van der Waals surface area contributed by atoms with Gasteiger partial charge in [-0.25, -0.2) is 0 Å². The minimum absolute atomic E-state index is 0.0897. The zero-order valence-corrected chi connectivity index (χ0v) is 11.4. The van der Waals surface area contributed by atoms with Gasteiger partial charge in [0.25, 0.3) is 0 Å². The number of thiocarbonyl (C=S) groups is 1. The third-order valence-electron chi connectivity index (χ3n) is 3.23. The summed E-state index contributed by atoms with van der Waals surface area (Å²) >= 11 is 5.03. The number of likely N-dealkylation sites (N-methyl/N-ethyl adjacent to an activating group) is 1. The highest BCUT2D eigenvalue weighted by atomic mass is 32.1. The number of benzene rings is 1. The molecule has 94 valence electrons. The van der Waals surface area contributed by atoms with Crippen LogP contribution in [0, 0.1) is 0 Å². The van der Waals surface area contributed by atoms with Crippen molar-refractivity contribution < 1.29 is 0 Å². The largest absolute Gasteiger partial charge is 0.392 e. The van der Waals surface area contributed by atoms with Crippen molar-refractivity contribution in [3.05, 3.63) is 42.1 Å². The Kier molecular flexibility index (Phi) is 3.89. The van der Waals surface area contributed by atoms with Gasteiger partial charge in [0.1, 0.15) is 0 Å². The summed E-state index contributed by atoms with van der Waals surface area (Å²) in [5.74, 6) is 0. The maximum Gasteiger partial charge on any atom is 0.0899 e. The summed E-state index contributed by atoms with van der Waals surface area (Å²) in [4.78, 5) is 7.03. The molecule has 0 saturated carbocycles. The van der Waals surface area contributed by atoms with E-state index in [0.717, 1.165) is 12.1 Å². The van der Waals surface area contributed by atoms with Crippen LogP contribution in [0.3, 0.4) is 0 Å². The maximum atomic E-state index is 5.68. The van der Waals surface area contributed by atoms with Gasteiger partial charge < -0.3 is 5.73 Å². The van der Waals surface area contributed by atoms with Crippen molar-refractivity contribution in [3.8, 4) is 0 Å². The predicted molar refractivity (Wildman–Crippen MR) is 79.5 cm³/mol. The second kappa shape index (κ2) is 5.42. The summed E-state index contributed by atoms with van der Waals surface area (Å²) < 4.78 is 0. The first kappa shape index (κ1) is 12.9. The first-order valence-electron chi connectivity index (χ1n) is 5.92. The van der Waals surface area contributed by atoms with Gasteiger partial charge >= 0.3 is 0 Å². The number of nitrogens with zero attached hydrogens (tertiary/aromatic N) is 2. The van der Waals surface area contributed by atoms with Crippen LogP contribution in [0.5, 0.6) is 0 Å². The average molecular weight is 259 g/mol. The predicted octanol–water partition coefficient (Wildman–Crippen LogP) is 2.34. The Morgan fingerprint density at radius 2 is 2.11 bits per heavy atom. The van der Waals surface area contributed by atoms with E-state index in [0.29, 0.717) is 4.99 Å². The number of fused-ring (bicyclic) bond motifs is 1. The fourth-order valence-corrected chi connectivity index (χ4v) is 2.10. The molecule has 18 heavy (non-hydrogen) atoms. The molecule has 0 radical (unpaired) electrons. The van der Waals surface area contributed by atoms with Gasteiger partial charge in [0.2, 0.25) is 0 Å². The summed E-state index contributed by atoms with van der Waals surface area (Å²) in [7, 11) is 2.03. The molecule has 1 heterocycles. The molecule has 0 spiro atoms. The van der Waals surface area contributed by atoms with E-state index in [9.17, 15) is 0 Å². The molecule has 2 rings (SSSR count). The SMILES string of the molecule is CC(C(N)=S)N(C)Cc1ccnc2ccccc12. The van der Waals surface area contributed by atoms with E-state index in [1.807, 2.05) is 44.4 Å².